The number of allylic oxidation sites excluding steroid dienone is 8. The van der Waals surface area contributed by atoms with Crippen LogP contribution in [0.4, 0.5) is 0 Å². The van der Waals surface area contributed by atoms with Gasteiger partial charge in [0, 0.05) is 12.5 Å². The van der Waals surface area contributed by atoms with Gasteiger partial charge < -0.3 is 10.1 Å². The SMILES string of the molecule is CCCCC/C=C\C/C=C\CCCCCCCCC(CCCCCCC/C=C\C/C=C\CCCCC)OC(=O)CCCNC(C)C. The molecule has 268 valence electrons. The molecule has 0 aliphatic carbocycles. The summed E-state index contributed by atoms with van der Waals surface area (Å²) in [5, 5.41) is 3.40. The molecule has 1 unspecified atom stereocenters. The van der Waals surface area contributed by atoms with Crippen molar-refractivity contribution in [2.24, 2.45) is 0 Å². The molecule has 0 radical (unpaired) electrons. The average Bonchev–Trinajstić information content (AvgIpc) is 3.04. The molecule has 0 fully saturated rings. The maximum Gasteiger partial charge on any atom is 0.306 e. The molecule has 0 bridgehead atoms. The van der Waals surface area contributed by atoms with Crippen molar-refractivity contribution in [2.75, 3.05) is 6.54 Å². The summed E-state index contributed by atoms with van der Waals surface area (Å²) < 4.78 is 6.01. The van der Waals surface area contributed by atoms with Gasteiger partial charge in [0.2, 0.25) is 0 Å². The van der Waals surface area contributed by atoms with E-state index in [4.69, 9.17) is 4.74 Å². The molecule has 0 aliphatic heterocycles. The lowest BCUT2D eigenvalue weighted by molar-refractivity contribution is -0.150. The minimum atomic E-state index is -0.00168. The second kappa shape index (κ2) is 37.8. The molecule has 0 aromatic carbocycles. The fraction of sp³-hybridized carbons (Fsp3) is 0.791. The highest BCUT2D eigenvalue weighted by Gasteiger charge is 2.14. The van der Waals surface area contributed by atoms with E-state index in [1.807, 2.05) is 0 Å². The molecule has 0 aliphatic rings. The molecular weight excluding hydrogens is 562 g/mol. The number of hydrogen-bond donors (Lipinski definition) is 1. The van der Waals surface area contributed by atoms with Gasteiger partial charge >= 0.3 is 5.97 Å². The summed E-state index contributed by atoms with van der Waals surface area (Å²) in [4.78, 5) is 12.6. The normalized spacial score (nSPS) is 13.0. The fourth-order valence-electron chi connectivity index (χ4n) is 5.67. The van der Waals surface area contributed by atoms with E-state index in [0.29, 0.717) is 12.5 Å². The summed E-state index contributed by atoms with van der Waals surface area (Å²) >= 11 is 0. The number of nitrogens with one attached hydrogen (secondary N) is 1. The zero-order chi connectivity index (χ0) is 33.6. The van der Waals surface area contributed by atoms with Gasteiger partial charge in [0.15, 0.2) is 0 Å². The number of carbonyl (C=O) groups is 1. The zero-order valence-electron chi connectivity index (χ0n) is 31.4. The lowest BCUT2D eigenvalue weighted by Crippen LogP contribution is -2.25. The zero-order valence-corrected chi connectivity index (χ0v) is 31.4. The van der Waals surface area contributed by atoms with Crippen molar-refractivity contribution in [3.05, 3.63) is 48.6 Å². The van der Waals surface area contributed by atoms with Gasteiger partial charge in [0.1, 0.15) is 6.10 Å². The standard InChI is InChI=1S/C43H79NO2/c1-5-7-9-11-13-15-17-19-21-23-25-27-29-31-33-35-38-42(46-43(45)39-36-40-44-41(3)4)37-34-32-30-28-26-24-22-20-18-16-14-12-10-8-6-2/h13-16,19-22,41-42,44H,5-12,17-18,23-40H2,1-4H3/b15-13-,16-14-,21-19-,22-20-. The fourth-order valence-corrected chi connectivity index (χ4v) is 5.67. The van der Waals surface area contributed by atoms with E-state index < -0.39 is 0 Å². The Hall–Kier alpha value is -1.61. The molecule has 1 N–H and O–H groups in total. The number of ether oxygens (including phenoxy) is 1. The first-order chi connectivity index (χ1) is 22.6. The molecule has 0 aromatic heterocycles. The van der Waals surface area contributed by atoms with E-state index in [1.165, 1.54) is 135 Å². The maximum atomic E-state index is 12.6. The van der Waals surface area contributed by atoms with Crippen LogP contribution in [0.15, 0.2) is 48.6 Å². The number of esters is 1. The molecule has 0 saturated heterocycles. The lowest BCUT2D eigenvalue weighted by Gasteiger charge is -2.18. The predicted octanol–water partition coefficient (Wildman–Crippen LogP) is 13.7. The number of carbonyl (C=O) groups excluding carboxylic acids is 1. The van der Waals surface area contributed by atoms with Crippen LogP contribution in [0, 0.1) is 0 Å². The Morgan fingerprint density at radius 2 is 0.913 bits per heavy atom. The quantitative estimate of drug-likeness (QED) is 0.0425. The first-order valence-corrected chi connectivity index (χ1v) is 20.1. The summed E-state index contributed by atoms with van der Waals surface area (Å²) in [5.74, 6) is -0.00168. The lowest BCUT2D eigenvalue weighted by atomic mass is 10.0. The Bertz CT molecular complexity index is 735. The van der Waals surface area contributed by atoms with Crippen LogP contribution in [-0.2, 0) is 9.53 Å². The van der Waals surface area contributed by atoms with Gasteiger partial charge in [-0.05, 0) is 103 Å². The van der Waals surface area contributed by atoms with Crippen molar-refractivity contribution in [1.29, 1.82) is 0 Å². The van der Waals surface area contributed by atoms with E-state index in [9.17, 15) is 4.79 Å². The molecule has 0 heterocycles. The van der Waals surface area contributed by atoms with Gasteiger partial charge in [-0.15, -0.1) is 0 Å². The third kappa shape index (κ3) is 36.9. The summed E-state index contributed by atoms with van der Waals surface area (Å²) in [5.41, 5.74) is 0. The minimum absolute atomic E-state index is 0.00168. The maximum absolute atomic E-state index is 12.6. The second-order valence-electron chi connectivity index (χ2n) is 13.7. The highest BCUT2D eigenvalue weighted by Crippen LogP contribution is 2.18. The Balaban J connectivity index is 4.08. The Kier molecular flexibility index (Phi) is 36.5. The van der Waals surface area contributed by atoms with Gasteiger partial charge in [-0.2, -0.15) is 0 Å². The third-order valence-corrected chi connectivity index (χ3v) is 8.61. The highest BCUT2D eigenvalue weighted by atomic mass is 16.5. The van der Waals surface area contributed by atoms with Gasteiger partial charge in [-0.3, -0.25) is 4.79 Å². The Morgan fingerprint density at radius 3 is 1.33 bits per heavy atom. The van der Waals surface area contributed by atoms with Crippen molar-refractivity contribution >= 4 is 5.97 Å². The van der Waals surface area contributed by atoms with Crippen LogP contribution in [0.3, 0.4) is 0 Å². The van der Waals surface area contributed by atoms with Gasteiger partial charge in [0.05, 0.1) is 0 Å². The molecule has 0 amide bonds. The van der Waals surface area contributed by atoms with Crippen LogP contribution < -0.4 is 5.32 Å². The molecule has 0 saturated carbocycles. The van der Waals surface area contributed by atoms with Crippen molar-refractivity contribution in [1.82, 2.24) is 5.32 Å². The van der Waals surface area contributed by atoms with Gasteiger partial charge in [0.25, 0.3) is 0 Å². The predicted molar refractivity (Wildman–Crippen MR) is 206 cm³/mol. The van der Waals surface area contributed by atoms with Crippen LogP contribution in [0.1, 0.15) is 201 Å². The molecule has 0 spiro atoms. The van der Waals surface area contributed by atoms with E-state index in [0.717, 1.165) is 38.6 Å². The summed E-state index contributed by atoms with van der Waals surface area (Å²) in [7, 11) is 0. The average molecular weight is 642 g/mol. The number of rotatable bonds is 35. The monoisotopic (exact) mass is 642 g/mol. The van der Waals surface area contributed by atoms with Crippen LogP contribution in [0.25, 0.3) is 0 Å². The van der Waals surface area contributed by atoms with E-state index in [2.05, 4.69) is 81.6 Å². The smallest absolute Gasteiger partial charge is 0.306 e. The van der Waals surface area contributed by atoms with Crippen molar-refractivity contribution < 1.29 is 9.53 Å². The van der Waals surface area contributed by atoms with E-state index in [1.54, 1.807) is 0 Å². The van der Waals surface area contributed by atoms with Gasteiger partial charge in [-0.25, -0.2) is 0 Å². The van der Waals surface area contributed by atoms with E-state index >= 15 is 0 Å². The van der Waals surface area contributed by atoms with Gasteiger partial charge in [-0.1, -0.05) is 147 Å². The van der Waals surface area contributed by atoms with Crippen molar-refractivity contribution in [3.63, 3.8) is 0 Å². The Morgan fingerprint density at radius 1 is 0.522 bits per heavy atom. The summed E-state index contributed by atoms with van der Waals surface area (Å²) in [6.07, 6.45) is 51.2. The van der Waals surface area contributed by atoms with Crippen molar-refractivity contribution in [3.8, 4) is 0 Å². The van der Waals surface area contributed by atoms with Crippen LogP contribution in [0.5, 0.6) is 0 Å². The minimum Gasteiger partial charge on any atom is -0.462 e. The number of unbranched alkanes of at least 4 members (excludes halogenated alkanes) is 17. The molecule has 1 atom stereocenters. The third-order valence-electron chi connectivity index (χ3n) is 8.61. The molecule has 0 rings (SSSR count). The number of hydrogen-bond acceptors (Lipinski definition) is 3. The summed E-state index contributed by atoms with van der Waals surface area (Å²) in [6, 6.07) is 0.464. The molecule has 3 nitrogen and oxygen atoms in total. The first kappa shape index (κ1) is 44.4. The highest BCUT2D eigenvalue weighted by molar-refractivity contribution is 5.69. The van der Waals surface area contributed by atoms with E-state index in [-0.39, 0.29) is 12.1 Å². The topological polar surface area (TPSA) is 38.3 Å². The molecular formula is C43H79NO2. The molecule has 46 heavy (non-hydrogen) atoms. The Labute approximate surface area is 288 Å². The van der Waals surface area contributed by atoms with Crippen molar-refractivity contribution in [2.45, 2.75) is 213 Å². The van der Waals surface area contributed by atoms with Crippen LogP contribution in [0.2, 0.25) is 0 Å². The second-order valence-corrected chi connectivity index (χ2v) is 13.7. The van der Waals surface area contributed by atoms with Crippen LogP contribution in [-0.4, -0.2) is 24.7 Å². The van der Waals surface area contributed by atoms with Crippen LogP contribution >= 0.6 is 0 Å². The molecule has 0 aromatic rings. The molecule has 3 heteroatoms. The summed E-state index contributed by atoms with van der Waals surface area (Å²) in [6.45, 7) is 9.70. The first-order valence-electron chi connectivity index (χ1n) is 20.1. The largest absolute Gasteiger partial charge is 0.462 e.